The molecule has 0 bridgehead atoms. The predicted octanol–water partition coefficient (Wildman–Crippen LogP) is 22.8. The fraction of sp³-hybridized carbons (Fsp3) is 0.294. The van der Waals surface area contributed by atoms with Crippen molar-refractivity contribution in [1.29, 1.82) is 0 Å². The molecule has 0 N–H and O–H groups in total. The molecule has 0 aliphatic rings. The molecule has 0 aliphatic carbocycles. The second-order valence-electron chi connectivity index (χ2n) is 24.2. The molecule has 8 aromatic carbocycles. The van der Waals surface area contributed by atoms with Crippen LogP contribution in [-0.4, -0.2) is 47.2 Å². The third kappa shape index (κ3) is 22.2. The van der Waals surface area contributed by atoms with E-state index in [-0.39, 0.29) is 0 Å². The molecule has 0 heterocycles. The van der Waals surface area contributed by atoms with Gasteiger partial charge < -0.3 is 36.0 Å². The van der Waals surface area contributed by atoms with Crippen molar-refractivity contribution in [3.63, 3.8) is 0 Å². The molecular weight excluding hydrogens is 1190 g/mol. The summed E-state index contributed by atoms with van der Waals surface area (Å²) in [5, 5.41) is 2.85. The van der Waals surface area contributed by atoms with Crippen LogP contribution in [0.25, 0.3) is 0 Å². The van der Waals surface area contributed by atoms with Crippen molar-refractivity contribution in [2.45, 2.75) is 118 Å². The first kappa shape index (κ1) is 67.8. The molecule has 0 radical (unpaired) electrons. The average molecular weight is 1280 g/mol. The van der Waals surface area contributed by atoms with E-state index in [2.05, 4.69) is 159 Å². The molecule has 84 heavy (non-hydrogen) atoms. The number of ether oxygens (including phenoxy) is 2. The number of halogens is 4. The summed E-state index contributed by atoms with van der Waals surface area (Å²) >= 11 is 24.3. The van der Waals surface area contributed by atoms with Crippen molar-refractivity contribution in [3.05, 3.63) is 231 Å². The van der Waals surface area contributed by atoms with Gasteiger partial charge in [-0.15, -0.1) is 0 Å². The summed E-state index contributed by atoms with van der Waals surface area (Å²) in [5.74, 6) is 3.91. The van der Waals surface area contributed by atoms with Gasteiger partial charge in [0.1, 0.15) is 30.5 Å². The SMILES string of the molecule is CC(C)c1ccc(N(c2ccc(Cl)cc2)c2ccc(Cl)cc2)cc1.CC(C)c1ccc(OCCOc2ccc(N(c3ccc(Cl)cc3)c3ccc(Cl)cc3)cc2)cc1.CC(C)c1ccc(O[Si](O[Si](C)(C)C)(O[Si](C)(C)C)O[Si](C)(C)C)cc1. The predicted molar refractivity (Wildman–Crippen MR) is 368 cm³/mol. The van der Waals surface area contributed by atoms with Crippen molar-refractivity contribution in [3.8, 4) is 17.2 Å². The van der Waals surface area contributed by atoms with Gasteiger partial charge in [0.25, 0.3) is 0 Å². The van der Waals surface area contributed by atoms with Crippen molar-refractivity contribution >= 4 is 115 Å². The van der Waals surface area contributed by atoms with Crippen LogP contribution in [0, 0.1) is 0 Å². The molecule has 0 aromatic heterocycles. The van der Waals surface area contributed by atoms with Crippen molar-refractivity contribution in [2.75, 3.05) is 23.0 Å². The first-order chi connectivity index (χ1) is 39.5. The van der Waals surface area contributed by atoms with E-state index in [4.69, 9.17) is 72.6 Å². The topological polar surface area (TPSA) is 61.9 Å². The Morgan fingerprint density at radius 1 is 0.298 bits per heavy atom. The third-order valence-corrected chi connectivity index (χ3v) is 24.3. The van der Waals surface area contributed by atoms with E-state index in [1.54, 1.807) is 0 Å². The van der Waals surface area contributed by atoms with Crippen LogP contribution < -0.4 is 23.7 Å². The second kappa shape index (κ2) is 30.8. The molecule has 0 unspecified atom stereocenters. The van der Waals surface area contributed by atoms with E-state index < -0.39 is 34.0 Å². The summed E-state index contributed by atoms with van der Waals surface area (Å²) in [6, 6.07) is 64.3. The monoisotopic (exact) mass is 1280 g/mol. The van der Waals surface area contributed by atoms with Gasteiger partial charge >= 0.3 is 9.05 Å². The Labute approximate surface area is 526 Å². The number of rotatable bonds is 22. The van der Waals surface area contributed by atoms with Gasteiger partial charge in [0.2, 0.25) is 0 Å². The summed E-state index contributed by atoms with van der Waals surface area (Å²) in [4.78, 5) is 4.33. The van der Waals surface area contributed by atoms with E-state index in [9.17, 15) is 0 Å². The minimum Gasteiger partial charge on any atom is -0.490 e. The lowest BCUT2D eigenvalue weighted by atomic mass is 10.0. The van der Waals surface area contributed by atoms with Crippen LogP contribution in [0.2, 0.25) is 79.0 Å². The first-order valence-corrected chi connectivity index (χ1v) is 42.0. The van der Waals surface area contributed by atoms with Crippen LogP contribution >= 0.6 is 46.4 Å². The Morgan fingerprint density at radius 2 is 0.500 bits per heavy atom. The number of benzene rings is 8. The highest BCUT2D eigenvalue weighted by Crippen LogP contribution is 2.39. The molecular formula is C68H84Cl4N2O6Si4. The minimum absolute atomic E-state index is 0.462. The van der Waals surface area contributed by atoms with Gasteiger partial charge in [-0.25, -0.2) is 0 Å². The molecule has 8 nitrogen and oxygen atoms in total. The Kier molecular flexibility index (Phi) is 24.9. The molecule has 0 spiro atoms. The van der Waals surface area contributed by atoms with Gasteiger partial charge in [0, 0.05) is 54.2 Å². The lowest BCUT2D eigenvalue weighted by molar-refractivity contribution is 0.152. The van der Waals surface area contributed by atoms with Gasteiger partial charge in [-0.2, -0.15) is 0 Å². The molecule has 446 valence electrons. The summed E-state index contributed by atoms with van der Waals surface area (Å²) in [5.41, 5.74) is 10.1. The Morgan fingerprint density at radius 3 is 0.738 bits per heavy atom. The zero-order valence-electron chi connectivity index (χ0n) is 51.5. The maximum absolute atomic E-state index is 6.54. The fourth-order valence-electron chi connectivity index (χ4n) is 8.54. The largest absolute Gasteiger partial charge is 0.717 e. The maximum atomic E-state index is 6.54. The lowest BCUT2D eigenvalue weighted by Gasteiger charge is -2.40. The molecule has 8 rings (SSSR count). The van der Waals surface area contributed by atoms with Crippen LogP contribution in [-0.2, 0) is 12.3 Å². The van der Waals surface area contributed by atoms with Crippen molar-refractivity contribution in [2.24, 2.45) is 0 Å². The van der Waals surface area contributed by atoms with Gasteiger partial charge in [-0.3, -0.25) is 0 Å². The molecule has 16 heteroatoms. The zero-order chi connectivity index (χ0) is 61.4. The van der Waals surface area contributed by atoms with Gasteiger partial charge in [-0.05, 0) is 251 Å². The van der Waals surface area contributed by atoms with Crippen LogP contribution in [0.4, 0.5) is 34.1 Å². The first-order valence-electron chi connectivity index (χ1n) is 28.6. The Hall–Kier alpha value is -5.33. The molecule has 0 amide bonds. The minimum atomic E-state index is -3.30. The normalized spacial score (nSPS) is 11.8. The van der Waals surface area contributed by atoms with E-state index in [1.807, 2.05) is 146 Å². The van der Waals surface area contributed by atoms with E-state index in [1.165, 1.54) is 16.7 Å². The highest BCUT2D eigenvalue weighted by molar-refractivity contribution is 6.88. The van der Waals surface area contributed by atoms with Crippen molar-refractivity contribution < 1.29 is 26.2 Å². The molecule has 0 saturated heterocycles. The van der Waals surface area contributed by atoms with Crippen LogP contribution in [0.1, 0.15) is 76.0 Å². The highest BCUT2D eigenvalue weighted by atomic mass is 35.5. The molecule has 8 aromatic rings. The van der Waals surface area contributed by atoms with Crippen LogP contribution in [0.5, 0.6) is 17.2 Å². The Bertz CT molecular complexity index is 3100. The molecule has 0 saturated carbocycles. The highest BCUT2D eigenvalue weighted by Gasteiger charge is 2.56. The summed E-state index contributed by atoms with van der Waals surface area (Å²) in [6.07, 6.45) is 0. The smallest absolute Gasteiger partial charge is 0.490 e. The zero-order valence-corrected chi connectivity index (χ0v) is 58.5. The maximum Gasteiger partial charge on any atom is 0.717 e. The quantitative estimate of drug-likeness (QED) is 0.0491. The molecule has 0 fully saturated rings. The van der Waals surface area contributed by atoms with E-state index in [0.29, 0.717) is 41.0 Å². The van der Waals surface area contributed by atoms with E-state index >= 15 is 0 Å². The number of hydrogen-bond donors (Lipinski definition) is 0. The van der Waals surface area contributed by atoms with Gasteiger partial charge in [0.05, 0.1) is 0 Å². The number of nitrogens with zero attached hydrogens (tertiary/aromatic N) is 2. The van der Waals surface area contributed by atoms with Crippen LogP contribution in [0.3, 0.4) is 0 Å². The third-order valence-electron chi connectivity index (χ3n) is 12.5. The Balaban J connectivity index is 0.000000206. The standard InChI is InChI=1S/C29H27Cl2NO2.C21H19Cl2N.C18H38O4Si4/c1-21(2)22-3-15-28(16-4-22)33-19-20-34-29-17-13-27(14-18-29)32(25-9-5-23(30)6-10-25)26-11-7-24(31)8-12-26;1-15(2)16-3-9-19(10-4-16)24(20-11-5-17(22)6-12-20)21-13-7-18(23)8-14-21;1-16(2)17-12-14-18(15-13-17)19-26(20-23(3,4)5,21-24(6,7)8)22-25(9,10)11/h3-18,21H,19-20H2,1-2H3;3-15H,1-2H3;12-16H,1-11H3. The van der Waals surface area contributed by atoms with Crippen molar-refractivity contribution in [1.82, 2.24) is 0 Å². The number of hydrogen-bond acceptors (Lipinski definition) is 8. The molecule has 0 aliphatic heterocycles. The molecule has 0 atom stereocenters. The lowest BCUT2D eigenvalue weighted by Crippen LogP contribution is -2.64. The van der Waals surface area contributed by atoms with Gasteiger partial charge in [-0.1, -0.05) is 124 Å². The number of anilines is 6. The fourth-order valence-corrected chi connectivity index (χ4v) is 20.6. The average Bonchev–Trinajstić information content (AvgIpc) is 1.90. The summed E-state index contributed by atoms with van der Waals surface area (Å²) < 4.78 is 37.8. The van der Waals surface area contributed by atoms with Crippen LogP contribution in [0.15, 0.2) is 194 Å². The van der Waals surface area contributed by atoms with E-state index in [0.717, 1.165) is 61.4 Å². The summed E-state index contributed by atoms with van der Waals surface area (Å²) in [7, 11) is -9.13. The second-order valence-corrected chi connectivity index (χ2v) is 42.3. The summed E-state index contributed by atoms with van der Waals surface area (Å²) in [6.45, 7) is 33.5. The van der Waals surface area contributed by atoms with Gasteiger partial charge in [0.15, 0.2) is 25.0 Å².